The average molecular weight is 335 g/mol. The number of carbonyl (C=O) groups is 1. The zero-order valence-electron chi connectivity index (χ0n) is 9.15. The van der Waals surface area contributed by atoms with Crippen molar-refractivity contribution in [3.05, 3.63) is 46.2 Å². The van der Waals surface area contributed by atoms with Gasteiger partial charge in [0, 0.05) is 6.20 Å². The molecule has 0 radical (unpaired) electrons. The third-order valence-corrected chi connectivity index (χ3v) is 2.76. The van der Waals surface area contributed by atoms with Crippen LogP contribution >= 0.6 is 15.9 Å². The van der Waals surface area contributed by atoms with Crippen LogP contribution in [-0.4, -0.2) is 20.9 Å². The quantitative estimate of drug-likeness (QED) is 0.916. The van der Waals surface area contributed by atoms with E-state index in [0.717, 1.165) is 18.2 Å². The third kappa shape index (κ3) is 2.78. The fourth-order valence-corrected chi connectivity index (χ4v) is 1.83. The number of carboxylic acid groups (broad SMARTS) is 1. The summed E-state index contributed by atoms with van der Waals surface area (Å²) in [5, 5.41) is 12.7. The molecule has 1 heterocycles. The first-order valence-electron chi connectivity index (χ1n) is 4.94. The zero-order valence-corrected chi connectivity index (χ0v) is 10.7. The molecule has 1 N–H and O–H groups in total. The summed E-state index contributed by atoms with van der Waals surface area (Å²) < 4.78 is 39.9. The van der Waals surface area contributed by atoms with Gasteiger partial charge in [0.1, 0.15) is 0 Å². The Kier molecular flexibility index (Phi) is 3.36. The van der Waals surface area contributed by atoms with Crippen LogP contribution in [-0.2, 0) is 6.18 Å². The smallest absolute Gasteiger partial charge is 0.417 e. The lowest BCUT2D eigenvalue weighted by Crippen LogP contribution is -2.13. The molecule has 100 valence electrons. The number of carboxylic acids is 1. The lowest BCUT2D eigenvalue weighted by Gasteiger charge is -2.11. The monoisotopic (exact) mass is 334 g/mol. The van der Waals surface area contributed by atoms with E-state index in [2.05, 4.69) is 21.0 Å². The SMILES string of the molecule is O=C(O)c1cc(-n2cc(Br)cn2)ccc1C(F)(F)F. The Morgan fingerprint density at radius 1 is 1.37 bits per heavy atom. The van der Waals surface area contributed by atoms with Crippen molar-refractivity contribution in [1.29, 1.82) is 0 Å². The van der Waals surface area contributed by atoms with Crippen LogP contribution in [0.25, 0.3) is 5.69 Å². The Balaban J connectivity index is 2.57. The molecule has 0 aliphatic rings. The van der Waals surface area contributed by atoms with Gasteiger partial charge >= 0.3 is 12.1 Å². The molecular weight excluding hydrogens is 329 g/mol. The maximum absolute atomic E-state index is 12.7. The second-order valence-electron chi connectivity index (χ2n) is 3.64. The fraction of sp³-hybridized carbons (Fsp3) is 0.0909. The van der Waals surface area contributed by atoms with Crippen molar-refractivity contribution in [2.75, 3.05) is 0 Å². The maximum Gasteiger partial charge on any atom is 0.417 e. The molecule has 0 aliphatic heterocycles. The van der Waals surface area contributed by atoms with Crippen LogP contribution in [0.3, 0.4) is 0 Å². The van der Waals surface area contributed by atoms with Crippen LogP contribution < -0.4 is 0 Å². The fourth-order valence-electron chi connectivity index (χ4n) is 1.54. The van der Waals surface area contributed by atoms with Gasteiger partial charge in [-0.2, -0.15) is 18.3 Å². The topological polar surface area (TPSA) is 55.1 Å². The largest absolute Gasteiger partial charge is 0.478 e. The van der Waals surface area contributed by atoms with Crippen LogP contribution in [0, 0.1) is 0 Å². The van der Waals surface area contributed by atoms with E-state index >= 15 is 0 Å². The van der Waals surface area contributed by atoms with Gasteiger partial charge in [-0.3, -0.25) is 0 Å². The summed E-state index contributed by atoms with van der Waals surface area (Å²) in [6, 6.07) is 2.83. The molecule has 1 aromatic carbocycles. The highest BCUT2D eigenvalue weighted by molar-refractivity contribution is 9.10. The van der Waals surface area contributed by atoms with Crippen LogP contribution in [0.15, 0.2) is 35.1 Å². The summed E-state index contributed by atoms with van der Waals surface area (Å²) in [5.41, 5.74) is -1.76. The van der Waals surface area contributed by atoms with Crippen molar-refractivity contribution >= 4 is 21.9 Å². The van der Waals surface area contributed by atoms with Crippen molar-refractivity contribution in [2.24, 2.45) is 0 Å². The van der Waals surface area contributed by atoms with Gasteiger partial charge in [-0.15, -0.1) is 0 Å². The molecule has 2 aromatic rings. The number of hydrogen-bond acceptors (Lipinski definition) is 2. The summed E-state index contributed by atoms with van der Waals surface area (Å²) in [4.78, 5) is 10.9. The van der Waals surface area contributed by atoms with Gasteiger partial charge in [0.15, 0.2) is 0 Å². The van der Waals surface area contributed by atoms with E-state index in [9.17, 15) is 18.0 Å². The predicted octanol–water partition coefficient (Wildman–Crippen LogP) is 3.35. The minimum atomic E-state index is -4.71. The van der Waals surface area contributed by atoms with Gasteiger partial charge in [-0.1, -0.05) is 0 Å². The average Bonchev–Trinajstić information content (AvgIpc) is 2.74. The summed E-state index contributed by atoms with van der Waals surface area (Å²) in [7, 11) is 0. The van der Waals surface area contributed by atoms with Gasteiger partial charge in [0.05, 0.1) is 27.5 Å². The second kappa shape index (κ2) is 4.69. The number of nitrogens with zero attached hydrogens (tertiary/aromatic N) is 2. The number of alkyl halides is 3. The molecule has 4 nitrogen and oxygen atoms in total. The minimum Gasteiger partial charge on any atom is -0.478 e. The van der Waals surface area contributed by atoms with Crippen molar-refractivity contribution in [2.45, 2.75) is 6.18 Å². The zero-order chi connectivity index (χ0) is 14.2. The van der Waals surface area contributed by atoms with Crippen LogP contribution in [0.2, 0.25) is 0 Å². The molecule has 1 aromatic heterocycles. The van der Waals surface area contributed by atoms with E-state index in [1.165, 1.54) is 17.1 Å². The number of hydrogen-bond donors (Lipinski definition) is 1. The van der Waals surface area contributed by atoms with Crippen LogP contribution in [0.5, 0.6) is 0 Å². The van der Waals surface area contributed by atoms with E-state index in [4.69, 9.17) is 5.11 Å². The minimum absolute atomic E-state index is 0.233. The molecule has 2 rings (SSSR count). The molecule has 0 amide bonds. The van der Waals surface area contributed by atoms with E-state index in [1.807, 2.05) is 0 Å². The summed E-state index contributed by atoms with van der Waals surface area (Å²) in [5.74, 6) is -1.64. The van der Waals surface area contributed by atoms with Crippen molar-refractivity contribution in [3.8, 4) is 5.69 Å². The molecule has 0 spiro atoms. The highest BCUT2D eigenvalue weighted by atomic mass is 79.9. The van der Waals surface area contributed by atoms with E-state index in [1.54, 1.807) is 0 Å². The molecule has 0 bridgehead atoms. The normalized spacial score (nSPS) is 11.6. The molecule has 0 saturated heterocycles. The van der Waals surface area contributed by atoms with Crippen molar-refractivity contribution in [3.63, 3.8) is 0 Å². The molecule has 0 atom stereocenters. The summed E-state index contributed by atoms with van der Waals surface area (Å²) in [6.07, 6.45) is -1.76. The first kappa shape index (κ1) is 13.6. The van der Waals surface area contributed by atoms with Crippen LogP contribution in [0.1, 0.15) is 15.9 Å². The number of halogens is 4. The third-order valence-electron chi connectivity index (χ3n) is 2.35. The van der Waals surface area contributed by atoms with E-state index < -0.39 is 23.3 Å². The van der Waals surface area contributed by atoms with Crippen molar-refractivity contribution in [1.82, 2.24) is 9.78 Å². The Bertz CT molecular complexity index is 637. The Morgan fingerprint density at radius 2 is 2.05 bits per heavy atom. The van der Waals surface area contributed by atoms with Gasteiger partial charge in [0.2, 0.25) is 0 Å². The van der Waals surface area contributed by atoms with Gasteiger partial charge in [0.25, 0.3) is 0 Å². The van der Waals surface area contributed by atoms with Crippen molar-refractivity contribution < 1.29 is 23.1 Å². The number of rotatable bonds is 2. The molecule has 0 fully saturated rings. The standard InChI is InChI=1S/C11H6BrF3N2O2/c12-6-4-16-17(5-6)7-1-2-9(11(13,14)15)8(3-7)10(18)19/h1-5H,(H,18,19). The molecule has 8 heteroatoms. The summed E-state index contributed by atoms with van der Waals surface area (Å²) >= 11 is 3.14. The highest BCUT2D eigenvalue weighted by Gasteiger charge is 2.35. The predicted molar refractivity (Wildman–Crippen MR) is 63.2 cm³/mol. The molecule has 0 unspecified atom stereocenters. The number of aromatic carboxylic acids is 1. The second-order valence-corrected chi connectivity index (χ2v) is 4.55. The number of aromatic nitrogens is 2. The lowest BCUT2D eigenvalue weighted by molar-refractivity contribution is -0.138. The Morgan fingerprint density at radius 3 is 2.53 bits per heavy atom. The van der Waals surface area contributed by atoms with Gasteiger partial charge in [-0.25, -0.2) is 9.48 Å². The molecule has 19 heavy (non-hydrogen) atoms. The molecular formula is C11H6BrF3N2O2. The maximum atomic E-state index is 12.7. The first-order valence-corrected chi connectivity index (χ1v) is 5.73. The van der Waals surface area contributed by atoms with Gasteiger partial charge < -0.3 is 5.11 Å². The Hall–Kier alpha value is -1.83. The van der Waals surface area contributed by atoms with Crippen LogP contribution in [0.4, 0.5) is 13.2 Å². The first-order chi connectivity index (χ1) is 8.79. The molecule has 0 saturated carbocycles. The van der Waals surface area contributed by atoms with Gasteiger partial charge in [-0.05, 0) is 34.1 Å². The Labute approximate surface area is 113 Å². The summed E-state index contributed by atoms with van der Waals surface area (Å²) in [6.45, 7) is 0. The van der Waals surface area contributed by atoms with E-state index in [-0.39, 0.29) is 5.69 Å². The van der Waals surface area contributed by atoms with E-state index in [0.29, 0.717) is 4.47 Å². The lowest BCUT2D eigenvalue weighted by atomic mass is 10.1. The molecule has 0 aliphatic carbocycles. The highest BCUT2D eigenvalue weighted by Crippen LogP contribution is 2.33. The number of benzene rings is 1.